The SMILES string of the molecule is CC1c2nn(C)c(-c3cc(F)cc(F)c3)c2CCN1C(=O)c1cc(F)cc(OC[C@H]2CNC(=O)N2)c1Cl. The second-order valence-corrected chi connectivity index (χ2v) is 9.42. The highest BCUT2D eigenvalue weighted by atomic mass is 35.5. The Morgan fingerprint density at radius 2 is 1.86 bits per heavy atom. The molecule has 1 fully saturated rings. The van der Waals surface area contributed by atoms with E-state index >= 15 is 0 Å². The summed E-state index contributed by atoms with van der Waals surface area (Å²) >= 11 is 6.46. The number of benzene rings is 2. The van der Waals surface area contributed by atoms with Gasteiger partial charge >= 0.3 is 6.03 Å². The number of nitrogens with zero attached hydrogens (tertiary/aromatic N) is 3. The summed E-state index contributed by atoms with van der Waals surface area (Å²) in [5, 5.41) is 9.74. The molecule has 5 rings (SSSR count). The zero-order valence-corrected chi connectivity index (χ0v) is 20.7. The Kier molecular flexibility index (Phi) is 6.49. The molecule has 194 valence electrons. The molecule has 2 aliphatic rings. The number of fused-ring (bicyclic) bond motifs is 1. The van der Waals surface area contributed by atoms with Gasteiger partial charge in [-0.3, -0.25) is 9.48 Å². The maximum absolute atomic E-state index is 14.5. The summed E-state index contributed by atoms with van der Waals surface area (Å²) < 4.78 is 49.4. The summed E-state index contributed by atoms with van der Waals surface area (Å²) in [7, 11) is 1.67. The average Bonchev–Trinajstić information content (AvgIpc) is 3.41. The Morgan fingerprint density at radius 1 is 1.16 bits per heavy atom. The summed E-state index contributed by atoms with van der Waals surface area (Å²) in [5.41, 5.74) is 2.22. The van der Waals surface area contributed by atoms with Gasteiger partial charge in [-0.2, -0.15) is 5.10 Å². The van der Waals surface area contributed by atoms with Gasteiger partial charge in [0.15, 0.2) is 0 Å². The van der Waals surface area contributed by atoms with Gasteiger partial charge in [0, 0.05) is 43.4 Å². The lowest BCUT2D eigenvalue weighted by Crippen LogP contribution is -2.39. The summed E-state index contributed by atoms with van der Waals surface area (Å²) in [5.74, 6) is -2.61. The minimum absolute atomic E-state index is 0.00947. The number of aryl methyl sites for hydroxylation is 1. The number of amides is 3. The van der Waals surface area contributed by atoms with Crippen molar-refractivity contribution >= 4 is 23.5 Å². The van der Waals surface area contributed by atoms with Crippen molar-refractivity contribution in [3.63, 3.8) is 0 Å². The van der Waals surface area contributed by atoms with E-state index in [2.05, 4.69) is 15.7 Å². The largest absolute Gasteiger partial charge is 0.490 e. The van der Waals surface area contributed by atoms with Crippen molar-refractivity contribution in [1.29, 1.82) is 0 Å². The monoisotopic (exact) mass is 533 g/mol. The number of aromatic nitrogens is 2. The van der Waals surface area contributed by atoms with E-state index in [1.807, 2.05) is 0 Å². The van der Waals surface area contributed by atoms with Crippen LogP contribution in [0.25, 0.3) is 11.3 Å². The van der Waals surface area contributed by atoms with Crippen molar-refractivity contribution in [1.82, 2.24) is 25.3 Å². The van der Waals surface area contributed by atoms with Crippen molar-refractivity contribution in [2.75, 3.05) is 19.7 Å². The van der Waals surface area contributed by atoms with Gasteiger partial charge in [-0.05, 0) is 31.5 Å². The number of hydrogen-bond acceptors (Lipinski definition) is 4. The van der Waals surface area contributed by atoms with E-state index in [1.165, 1.54) is 17.0 Å². The molecule has 0 radical (unpaired) electrons. The van der Waals surface area contributed by atoms with Gasteiger partial charge in [-0.15, -0.1) is 0 Å². The summed E-state index contributed by atoms with van der Waals surface area (Å²) in [6.07, 6.45) is 0.372. The molecule has 0 spiro atoms. The highest BCUT2D eigenvalue weighted by Crippen LogP contribution is 2.38. The second-order valence-electron chi connectivity index (χ2n) is 9.05. The van der Waals surface area contributed by atoms with E-state index in [-0.39, 0.29) is 41.6 Å². The van der Waals surface area contributed by atoms with Crippen LogP contribution in [0.5, 0.6) is 5.75 Å². The van der Waals surface area contributed by atoms with E-state index in [4.69, 9.17) is 16.3 Å². The topological polar surface area (TPSA) is 88.5 Å². The Hall–Kier alpha value is -3.73. The van der Waals surface area contributed by atoms with E-state index in [1.54, 1.807) is 18.7 Å². The van der Waals surface area contributed by atoms with Gasteiger partial charge in [-0.25, -0.2) is 18.0 Å². The molecule has 2 atom stereocenters. The molecule has 0 aliphatic carbocycles. The second kappa shape index (κ2) is 9.62. The van der Waals surface area contributed by atoms with Crippen LogP contribution in [0.4, 0.5) is 18.0 Å². The van der Waals surface area contributed by atoms with Crippen LogP contribution in [-0.4, -0.2) is 52.4 Å². The first-order chi connectivity index (χ1) is 17.6. The van der Waals surface area contributed by atoms with Crippen molar-refractivity contribution < 1.29 is 27.5 Å². The molecule has 2 aromatic carbocycles. The van der Waals surface area contributed by atoms with Crippen LogP contribution in [0.2, 0.25) is 5.02 Å². The molecular weight excluding hydrogens is 511 g/mol. The Morgan fingerprint density at radius 3 is 2.54 bits per heavy atom. The minimum Gasteiger partial charge on any atom is -0.490 e. The van der Waals surface area contributed by atoms with Crippen LogP contribution in [0.15, 0.2) is 30.3 Å². The Labute approximate surface area is 215 Å². The summed E-state index contributed by atoms with van der Waals surface area (Å²) in [6.45, 7) is 2.42. The van der Waals surface area contributed by atoms with Gasteiger partial charge in [0.1, 0.15) is 29.8 Å². The molecule has 1 aromatic heterocycles. The van der Waals surface area contributed by atoms with E-state index < -0.39 is 29.4 Å². The maximum atomic E-state index is 14.5. The van der Waals surface area contributed by atoms with E-state index in [9.17, 15) is 22.8 Å². The first-order valence-corrected chi connectivity index (χ1v) is 12.0. The van der Waals surface area contributed by atoms with Crippen LogP contribution in [-0.2, 0) is 13.5 Å². The lowest BCUT2D eigenvalue weighted by atomic mass is 9.95. The molecule has 37 heavy (non-hydrogen) atoms. The van der Waals surface area contributed by atoms with Gasteiger partial charge in [0.25, 0.3) is 5.91 Å². The lowest BCUT2D eigenvalue weighted by Gasteiger charge is -2.33. The lowest BCUT2D eigenvalue weighted by molar-refractivity contribution is 0.0672. The third-order valence-electron chi connectivity index (χ3n) is 6.56. The third-order valence-corrected chi connectivity index (χ3v) is 6.95. The first-order valence-electron chi connectivity index (χ1n) is 11.6. The molecule has 0 bridgehead atoms. The minimum atomic E-state index is -0.699. The zero-order chi connectivity index (χ0) is 26.4. The number of carbonyl (C=O) groups is 2. The predicted molar refractivity (Wildman–Crippen MR) is 129 cm³/mol. The summed E-state index contributed by atoms with van der Waals surface area (Å²) in [6, 6.07) is 4.26. The van der Waals surface area contributed by atoms with Crippen molar-refractivity contribution in [3.8, 4) is 17.0 Å². The number of urea groups is 1. The van der Waals surface area contributed by atoms with Gasteiger partial charge in [0.05, 0.1) is 34.1 Å². The van der Waals surface area contributed by atoms with E-state index in [0.717, 1.165) is 23.8 Å². The summed E-state index contributed by atoms with van der Waals surface area (Å²) in [4.78, 5) is 26.3. The fourth-order valence-corrected chi connectivity index (χ4v) is 5.09. The molecule has 12 heteroatoms. The number of halogens is 4. The van der Waals surface area contributed by atoms with E-state index in [0.29, 0.717) is 29.9 Å². The van der Waals surface area contributed by atoms with Crippen molar-refractivity contribution in [2.24, 2.45) is 7.05 Å². The van der Waals surface area contributed by atoms with Crippen molar-refractivity contribution in [2.45, 2.75) is 25.4 Å². The molecule has 3 aromatic rings. The van der Waals surface area contributed by atoms with Crippen LogP contribution in [0.1, 0.15) is 34.6 Å². The standard InChI is InChI=1S/C25H23ClF3N5O3/c1-12-22-18(23(33(2)32-22)13-5-14(27)7-15(28)6-13)3-4-34(12)24(35)19-8-16(29)9-20(21(19)26)37-11-17-10-30-25(36)31-17/h5-9,12,17H,3-4,10-11H2,1-2H3,(H2,30,31,36)/t12?,17-/m1/s1. The number of hydrogen-bond donors (Lipinski definition) is 2. The number of rotatable bonds is 5. The third kappa shape index (κ3) is 4.71. The Balaban J connectivity index is 1.41. The molecule has 8 nitrogen and oxygen atoms in total. The molecule has 3 heterocycles. The normalized spacial score (nSPS) is 18.9. The van der Waals surface area contributed by atoms with Crippen molar-refractivity contribution in [3.05, 3.63) is 69.6 Å². The van der Waals surface area contributed by atoms with Gasteiger partial charge in [0.2, 0.25) is 0 Å². The predicted octanol–water partition coefficient (Wildman–Crippen LogP) is 3.98. The molecule has 0 saturated carbocycles. The smallest absolute Gasteiger partial charge is 0.315 e. The molecule has 1 saturated heterocycles. The number of nitrogens with one attached hydrogen (secondary N) is 2. The average molecular weight is 534 g/mol. The van der Waals surface area contributed by atoms with Crippen LogP contribution in [0, 0.1) is 17.5 Å². The van der Waals surface area contributed by atoms with Crippen LogP contribution >= 0.6 is 11.6 Å². The van der Waals surface area contributed by atoms with Gasteiger partial charge in [-0.1, -0.05) is 11.6 Å². The number of ether oxygens (including phenoxy) is 1. The quantitative estimate of drug-likeness (QED) is 0.519. The number of carbonyl (C=O) groups excluding carboxylic acids is 2. The fraction of sp³-hybridized carbons (Fsp3) is 0.320. The first kappa shape index (κ1) is 24.9. The highest BCUT2D eigenvalue weighted by molar-refractivity contribution is 6.35. The van der Waals surface area contributed by atoms with Crippen LogP contribution in [0.3, 0.4) is 0 Å². The highest BCUT2D eigenvalue weighted by Gasteiger charge is 2.35. The van der Waals surface area contributed by atoms with Crippen LogP contribution < -0.4 is 15.4 Å². The maximum Gasteiger partial charge on any atom is 0.315 e. The molecule has 1 unspecified atom stereocenters. The molecule has 2 N–H and O–H groups in total. The fourth-order valence-electron chi connectivity index (χ4n) is 4.85. The molecule has 3 amide bonds. The zero-order valence-electron chi connectivity index (χ0n) is 19.9. The molecule has 2 aliphatic heterocycles. The van der Waals surface area contributed by atoms with Gasteiger partial charge < -0.3 is 20.3 Å². The Bertz CT molecular complexity index is 1390. The molecular formula is C25H23ClF3N5O3.